The van der Waals surface area contributed by atoms with Crippen LogP contribution in [0.3, 0.4) is 0 Å². The molecular weight excluding hydrogens is 332 g/mol. The summed E-state index contributed by atoms with van der Waals surface area (Å²) in [7, 11) is 0. The predicted molar refractivity (Wildman–Crippen MR) is 103 cm³/mol. The summed E-state index contributed by atoms with van der Waals surface area (Å²) >= 11 is 1.56. The van der Waals surface area contributed by atoms with Gasteiger partial charge in [-0.1, -0.05) is 42.8 Å². The van der Waals surface area contributed by atoms with Crippen molar-refractivity contribution in [1.29, 1.82) is 0 Å². The van der Waals surface area contributed by atoms with Crippen LogP contribution >= 0.6 is 11.8 Å². The molecule has 2 aromatic carbocycles. The molecule has 0 bridgehead atoms. The van der Waals surface area contributed by atoms with E-state index in [1.54, 1.807) is 23.9 Å². The topological polar surface area (TPSA) is 58.2 Å². The maximum Gasteiger partial charge on any atom is 0.251 e. The molecule has 132 valence electrons. The fraction of sp³-hybridized carbons (Fsp3) is 0.300. The van der Waals surface area contributed by atoms with E-state index in [0.717, 1.165) is 22.6 Å². The molecule has 0 aliphatic heterocycles. The Morgan fingerprint density at radius 1 is 1.08 bits per heavy atom. The van der Waals surface area contributed by atoms with Crippen molar-refractivity contribution in [3.63, 3.8) is 0 Å². The molecule has 0 radical (unpaired) electrons. The van der Waals surface area contributed by atoms with E-state index in [1.807, 2.05) is 25.1 Å². The molecule has 2 N–H and O–H groups in total. The minimum absolute atomic E-state index is 0.119. The zero-order valence-electron chi connectivity index (χ0n) is 14.9. The molecule has 0 unspecified atom stereocenters. The molecule has 0 aromatic heterocycles. The zero-order chi connectivity index (χ0) is 18.2. The number of carbonyl (C=O) groups is 2. The second-order valence-corrected chi connectivity index (χ2v) is 7.03. The first-order valence-corrected chi connectivity index (χ1v) is 9.25. The molecule has 5 heteroatoms. The van der Waals surface area contributed by atoms with Crippen LogP contribution in [0.4, 0.5) is 5.69 Å². The quantitative estimate of drug-likeness (QED) is 0.711. The summed E-state index contributed by atoms with van der Waals surface area (Å²) in [5, 5.41) is 5.73. The number of anilines is 1. The normalized spacial score (nSPS) is 10.4. The summed E-state index contributed by atoms with van der Waals surface area (Å²) in [6.07, 6.45) is 1.98. The number of unbranched alkanes of at least 4 members (excludes halogenated alkanes) is 1. The molecule has 0 saturated heterocycles. The number of nitrogens with one attached hydrogen (secondary N) is 2. The van der Waals surface area contributed by atoms with Gasteiger partial charge in [0.1, 0.15) is 0 Å². The molecule has 0 heterocycles. The SMILES string of the molecule is CCCCNC(=O)c1ccc(Sc2ccc(C)cc2)c(NC(C)=O)c1. The Hall–Kier alpha value is -2.27. The minimum atomic E-state index is -0.158. The van der Waals surface area contributed by atoms with Gasteiger partial charge in [-0.25, -0.2) is 0 Å². The van der Waals surface area contributed by atoms with Crippen LogP contribution in [0.1, 0.15) is 42.6 Å². The largest absolute Gasteiger partial charge is 0.352 e. The van der Waals surface area contributed by atoms with Gasteiger partial charge < -0.3 is 10.6 Å². The maximum absolute atomic E-state index is 12.2. The van der Waals surface area contributed by atoms with Gasteiger partial charge in [-0.15, -0.1) is 0 Å². The van der Waals surface area contributed by atoms with Crippen LogP contribution in [0.15, 0.2) is 52.3 Å². The zero-order valence-corrected chi connectivity index (χ0v) is 15.7. The van der Waals surface area contributed by atoms with E-state index in [4.69, 9.17) is 0 Å². The molecule has 2 rings (SSSR count). The van der Waals surface area contributed by atoms with E-state index >= 15 is 0 Å². The summed E-state index contributed by atoms with van der Waals surface area (Å²) in [4.78, 5) is 25.8. The first kappa shape index (κ1) is 19.1. The van der Waals surface area contributed by atoms with Crippen LogP contribution in [0, 0.1) is 6.92 Å². The summed E-state index contributed by atoms with van der Waals surface area (Å²) in [6.45, 7) is 6.25. The average molecular weight is 356 g/mol. The number of carbonyl (C=O) groups excluding carboxylic acids is 2. The lowest BCUT2D eigenvalue weighted by Gasteiger charge is -2.12. The van der Waals surface area contributed by atoms with E-state index in [1.165, 1.54) is 12.5 Å². The lowest BCUT2D eigenvalue weighted by molar-refractivity contribution is -0.114. The number of hydrogen-bond acceptors (Lipinski definition) is 3. The molecule has 0 fully saturated rings. The van der Waals surface area contributed by atoms with Crippen molar-refractivity contribution in [3.8, 4) is 0 Å². The number of aryl methyl sites for hydroxylation is 1. The highest BCUT2D eigenvalue weighted by atomic mass is 32.2. The monoisotopic (exact) mass is 356 g/mol. The summed E-state index contributed by atoms with van der Waals surface area (Å²) < 4.78 is 0. The van der Waals surface area contributed by atoms with Crippen LogP contribution in [-0.2, 0) is 4.79 Å². The third-order valence-electron chi connectivity index (χ3n) is 3.62. The molecule has 2 aromatic rings. The second kappa shape index (κ2) is 9.28. The van der Waals surface area contributed by atoms with E-state index in [2.05, 4.69) is 29.7 Å². The molecule has 0 spiro atoms. The Balaban J connectivity index is 2.22. The number of amides is 2. The van der Waals surface area contributed by atoms with Crippen molar-refractivity contribution < 1.29 is 9.59 Å². The Morgan fingerprint density at radius 3 is 2.44 bits per heavy atom. The highest BCUT2D eigenvalue weighted by Crippen LogP contribution is 2.34. The van der Waals surface area contributed by atoms with Gasteiger partial charge in [-0.05, 0) is 43.7 Å². The van der Waals surface area contributed by atoms with Crippen LogP contribution in [0.5, 0.6) is 0 Å². The van der Waals surface area contributed by atoms with Crippen LogP contribution < -0.4 is 10.6 Å². The smallest absolute Gasteiger partial charge is 0.251 e. The molecule has 0 saturated carbocycles. The molecule has 2 amide bonds. The standard InChI is InChI=1S/C20H24N2O2S/c1-4-5-12-21-20(24)16-8-11-19(18(13-16)22-15(3)23)25-17-9-6-14(2)7-10-17/h6-11,13H,4-5,12H2,1-3H3,(H,21,24)(H,22,23). The molecule has 0 atom stereocenters. The van der Waals surface area contributed by atoms with E-state index in [9.17, 15) is 9.59 Å². The second-order valence-electron chi connectivity index (χ2n) is 5.92. The third-order valence-corrected chi connectivity index (χ3v) is 4.70. The van der Waals surface area contributed by atoms with Crippen LogP contribution in [0.25, 0.3) is 0 Å². The van der Waals surface area contributed by atoms with Gasteiger partial charge in [0.2, 0.25) is 5.91 Å². The van der Waals surface area contributed by atoms with Gasteiger partial charge >= 0.3 is 0 Å². The van der Waals surface area contributed by atoms with Gasteiger partial charge in [0, 0.05) is 28.8 Å². The number of hydrogen-bond donors (Lipinski definition) is 2. The summed E-state index contributed by atoms with van der Waals surface area (Å²) in [5.74, 6) is -0.277. The van der Waals surface area contributed by atoms with Crippen LogP contribution in [0.2, 0.25) is 0 Å². The Bertz CT molecular complexity index is 742. The van der Waals surface area contributed by atoms with Crippen molar-refractivity contribution in [1.82, 2.24) is 5.32 Å². The lowest BCUT2D eigenvalue weighted by Crippen LogP contribution is -2.24. The fourth-order valence-corrected chi connectivity index (χ4v) is 3.14. The van der Waals surface area contributed by atoms with Gasteiger partial charge in [0.25, 0.3) is 5.91 Å². The summed E-state index contributed by atoms with van der Waals surface area (Å²) in [6, 6.07) is 13.6. The first-order valence-electron chi connectivity index (χ1n) is 8.44. The predicted octanol–water partition coefficient (Wildman–Crippen LogP) is 4.63. The van der Waals surface area contributed by atoms with Gasteiger partial charge in [0.05, 0.1) is 5.69 Å². The molecule has 25 heavy (non-hydrogen) atoms. The highest BCUT2D eigenvalue weighted by molar-refractivity contribution is 7.99. The van der Waals surface area contributed by atoms with Gasteiger partial charge in [-0.2, -0.15) is 0 Å². The van der Waals surface area contributed by atoms with Crippen molar-refractivity contribution >= 4 is 29.3 Å². The summed E-state index contributed by atoms with van der Waals surface area (Å²) in [5.41, 5.74) is 2.40. The number of benzene rings is 2. The van der Waals surface area contributed by atoms with Crippen molar-refractivity contribution in [2.75, 3.05) is 11.9 Å². The highest BCUT2D eigenvalue weighted by Gasteiger charge is 2.11. The maximum atomic E-state index is 12.2. The lowest BCUT2D eigenvalue weighted by atomic mass is 10.2. The Labute approximate surface area is 153 Å². The van der Waals surface area contributed by atoms with E-state index in [0.29, 0.717) is 17.8 Å². The average Bonchev–Trinajstić information content (AvgIpc) is 2.58. The molecule has 0 aliphatic rings. The number of rotatable bonds is 7. The third kappa shape index (κ3) is 5.94. The Morgan fingerprint density at radius 2 is 1.80 bits per heavy atom. The first-order chi connectivity index (χ1) is 12.0. The Kier molecular flexibility index (Phi) is 7.07. The van der Waals surface area contributed by atoms with Gasteiger partial charge in [0.15, 0.2) is 0 Å². The van der Waals surface area contributed by atoms with E-state index in [-0.39, 0.29) is 11.8 Å². The van der Waals surface area contributed by atoms with Crippen molar-refractivity contribution in [2.45, 2.75) is 43.4 Å². The minimum Gasteiger partial charge on any atom is -0.352 e. The molecule has 4 nitrogen and oxygen atoms in total. The molecular formula is C20H24N2O2S. The van der Waals surface area contributed by atoms with Crippen molar-refractivity contribution in [2.24, 2.45) is 0 Å². The van der Waals surface area contributed by atoms with E-state index < -0.39 is 0 Å². The molecule has 0 aliphatic carbocycles. The van der Waals surface area contributed by atoms with Crippen LogP contribution in [-0.4, -0.2) is 18.4 Å². The van der Waals surface area contributed by atoms with Gasteiger partial charge in [-0.3, -0.25) is 9.59 Å². The van der Waals surface area contributed by atoms with Crippen molar-refractivity contribution in [3.05, 3.63) is 53.6 Å². The fourth-order valence-electron chi connectivity index (χ4n) is 2.26.